The maximum atomic E-state index is 5.86. The molecule has 0 aromatic carbocycles. The van der Waals surface area contributed by atoms with Gasteiger partial charge < -0.3 is 19.5 Å². The zero-order valence-corrected chi connectivity index (χ0v) is 13.0. The van der Waals surface area contributed by atoms with Gasteiger partial charge in [-0.3, -0.25) is 0 Å². The average Bonchev–Trinajstić information content (AvgIpc) is 2.97. The summed E-state index contributed by atoms with van der Waals surface area (Å²) in [4.78, 5) is 15.1. The zero-order chi connectivity index (χ0) is 15.5. The van der Waals surface area contributed by atoms with Crippen LogP contribution in [-0.4, -0.2) is 57.8 Å². The molecule has 2 aromatic heterocycles. The highest BCUT2D eigenvalue weighted by Gasteiger charge is 2.29. The molecule has 2 aromatic rings. The van der Waals surface area contributed by atoms with E-state index in [0.29, 0.717) is 17.4 Å². The number of nitrogens with one attached hydrogen (secondary N) is 1. The second-order valence-corrected chi connectivity index (χ2v) is 5.43. The topological polar surface area (TPSA) is 89.2 Å². The lowest BCUT2D eigenvalue weighted by Crippen LogP contribution is -2.40. The Morgan fingerprint density at radius 3 is 2.86 bits per heavy atom. The lowest BCUT2D eigenvalue weighted by atomic mass is 10.2. The number of rotatable bonds is 4. The Kier molecular flexibility index (Phi) is 4.30. The van der Waals surface area contributed by atoms with Crippen molar-refractivity contribution in [1.29, 1.82) is 0 Å². The summed E-state index contributed by atoms with van der Waals surface area (Å²) in [6.45, 7) is 6.46. The van der Waals surface area contributed by atoms with Gasteiger partial charge >= 0.3 is 0 Å². The number of aromatic nitrogens is 4. The van der Waals surface area contributed by atoms with Gasteiger partial charge in [0.2, 0.25) is 5.82 Å². The summed E-state index contributed by atoms with van der Waals surface area (Å²) in [5, 5.41) is 7.07. The minimum Gasteiger partial charge on any atom is -0.369 e. The monoisotopic (exact) mass is 304 g/mol. The fraction of sp³-hybridized carbons (Fsp3) is 0.571. The van der Waals surface area contributed by atoms with E-state index in [2.05, 4.69) is 30.3 Å². The van der Waals surface area contributed by atoms with Crippen LogP contribution in [-0.2, 0) is 4.74 Å². The highest BCUT2D eigenvalue weighted by molar-refractivity contribution is 5.48. The lowest BCUT2D eigenvalue weighted by molar-refractivity contribution is -0.0838. The summed E-state index contributed by atoms with van der Waals surface area (Å²) >= 11 is 0. The van der Waals surface area contributed by atoms with Gasteiger partial charge in [-0.2, -0.15) is 4.98 Å². The van der Waals surface area contributed by atoms with E-state index in [1.54, 1.807) is 12.4 Å². The molecule has 1 aliphatic heterocycles. The normalized spacial score (nSPS) is 22.7. The van der Waals surface area contributed by atoms with E-state index in [-0.39, 0.29) is 12.2 Å². The van der Waals surface area contributed by atoms with Crippen molar-refractivity contribution in [2.45, 2.75) is 26.1 Å². The van der Waals surface area contributed by atoms with Crippen LogP contribution in [0, 0.1) is 0 Å². The van der Waals surface area contributed by atoms with Crippen molar-refractivity contribution in [3.8, 4) is 11.5 Å². The first kappa shape index (κ1) is 14.9. The van der Waals surface area contributed by atoms with Crippen molar-refractivity contribution in [1.82, 2.24) is 25.0 Å². The molecule has 0 radical (unpaired) electrons. The Morgan fingerprint density at radius 2 is 2.18 bits per heavy atom. The van der Waals surface area contributed by atoms with Crippen LogP contribution in [0.5, 0.6) is 0 Å². The molecule has 0 spiro atoms. The third-order valence-electron chi connectivity index (χ3n) is 3.40. The summed E-state index contributed by atoms with van der Waals surface area (Å²) in [5.74, 6) is 1.63. The van der Waals surface area contributed by atoms with Crippen molar-refractivity contribution >= 4 is 5.82 Å². The SMILES string of the molecule is CCNc1cnc(-c2noc([C@H]3CN(C)C[C@@H](C)O3)n2)cn1. The van der Waals surface area contributed by atoms with Gasteiger partial charge in [0.25, 0.3) is 5.89 Å². The largest absolute Gasteiger partial charge is 0.369 e. The van der Waals surface area contributed by atoms with E-state index in [9.17, 15) is 0 Å². The second kappa shape index (κ2) is 6.37. The summed E-state index contributed by atoms with van der Waals surface area (Å²) in [5.41, 5.74) is 0.578. The minimum atomic E-state index is -0.205. The number of hydrogen-bond donors (Lipinski definition) is 1. The summed E-state index contributed by atoms with van der Waals surface area (Å²) in [6, 6.07) is 0. The number of anilines is 1. The molecule has 0 saturated carbocycles. The second-order valence-electron chi connectivity index (χ2n) is 5.43. The fourth-order valence-electron chi connectivity index (χ4n) is 2.49. The maximum Gasteiger partial charge on any atom is 0.257 e. The van der Waals surface area contributed by atoms with Crippen molar-refractivity contribution in [2.24, 2.45) is 0 Å². The van der Waals surface area contributed by atoms with Gasteiger partial charge in [0.1, 0.15) is 17.6 Å². The van der Waals surface area contributed by atoms with Crippen molar-refractivity contribution in [2.75, 3.05) is 32.0 Å². The smallest absolute Gasteiger partial charge is 0.257 e. The molecular weight excluding hydrogens is 284 g/mol. The molecule has 118 valence electrons. The zero-order valence-electron chi connectivity index (χ0n) is 13.0. The van der Waals surface area contributed by atoms with Crippen molar-refractivity contribution in [3.63, 3.8) is 0 Å². The Morgan fingerprint density at radius 1 is 1.32 bits per heavy atom. The minimum absolute atomic E-state index is 0.137. The van der Waals surface area contributed by atoms with Gasteiger partial charge in [0.15, 0.2) is 0 Å². The molecule has 3 rings (SSSR count). The molecule has 0 amide bonds. The molecule has 1 N–H and O–H groups in total. The van der Waals surface area contributed by atoms with E-state index in [0.717, 1.165) is 25.5 Å². The first-order valence-electron chi connectivity index (χ1n) is 7.39. The van der Waals surface area contributed by atoms with E-state index < -0.39 is 0 Å². The van der Waals surface area contributed by atoms with Gasteiger partial charge in [0.05, 0.1) is 18.5 Å². The molecule has 0 bridgehead atoms. The highest BCUT2D eigenvalue weighted by Crippen LogP contribution is 2.24. The molecular formula is C14H20N6O2. The number of likely N-dealkylation sites (N-methyl/N-ethyl adjacent to an activating group) is 1. The van der Waals surface area contributed by atoms with Gasteiger partial charge in [-0.1, -0.05) is 5.16 Å². The van der Waals surface area contributed by atoms with Crippen LogP contribution in [0.4, 0.5) is 5.82 Å². The standard InChI is InChI=1S/C14H20N6O2/c1-4-15-12-6-16-10(5-17-12)13-18-14(22-19-13)11-8-20(3)7-9(2)21-11/h5-6,9,11H,4,7-8H2,1-3H3,(H,15,17)/t9-,11-/m1/s1. The summed E-state index contributed by atoms with van der Waals surface area (Å²) in [6.07, 6.45) is 3.22. The Labute approximate surface area is 128 Å². The summed E-state index contributed by atoms with van der Waals surface area (Å²) < 4.78 is 11.2. The molecule has 1 aliphatic rings. The van der Waals surface area contributed by atoms with E-state index >= 15 is 0 Å². The van der Waals surface area contributed by atoms with Gasteiger partial charge in [0, 0.05) is 19.6 Å². The third kappa shape index (κ3) is 3.23. The predicted molar refractivity (Wildman–Crippen MR) is 80.3 cm³/mol. The van der Waals surface area contributed by atoms with Crippen LogP contribution in [0.15, 0.2) is 16.9 Å². The molecule has 1 saturated heterocycles. The first-order chi connectivity index (χ1) is 10.7. The maximum absolute atomic E-state index is 5.86. The van der Waals surface area contributed by atoms with Gasteiger partial charge in [-0.15, -0.1) is 0 Å². The van der Waals surface area contributed by atoms with Crippen LogP contribution in [0.2, 0.25) is 0 Å². The Balaban J connectivity index is 1.75. The Hall–Kier alpha value is -2.06. The molecule has 1 fully saturated rings. The van der Waals surface area contributed by atoms with Crippen LogP contribution < -0.4 is 5.32 Å². The number of ether oxygens (including phenoxy) is 1. The first-order valence-corrected chi connectivity index (χ1v) is 7.39. The van der Waals surface area contributed by atoms with Crippen LogP contribution in [0.3, 0.4) is 0 Å². The predicted octanol–water partition coefficient (Wildman–Crippen LogP) is 1.35. The highest BCUT2D eigenvalue weighted by atomic mass is 16.5. The number of hydrogen-bond acceptors (Lipinski definition) is 8. The van der Waals surface area contributed by atoms with Crippen LogP contribution in [0.1, 0.15) is 25.8 Å². The molecule has 0 aliphatic carbocycles. The quantitative estimate of drug-likeness (QED) is 0.905. The Bertz CT molecular complexity index is 604. The number of morpholine rings is 1. The molecule has 22 heavy (non-hydrogen) atoms. The molecule has 2 atom stereocenters. The van der Waals surface area contributed by atoms with Crippen molar-refractivity contribution in [3.05, 3.63) is 18.3 Å². The third-order valence-corrected chi connectivity index (χ3v) is 3.40. The van der Waals surface area contributed by atoms with E-state index in [4.69, 9.17) is 9.26 Å². The molecule has 3 heterocycles. The fourth-order valence-corrected chi connectivity index (χ4v) is 2.49. The molecule has 8 nitrogen and oxygen atoms in total. The van der Waals surface area contributed by atoms with Crippen LogP contribution >= 0.6 is 0 Å². The summed E-state index contributed by atoms with van der Waals surface area (Å²) in [7, 11) is 2.05. The molecule has 8 heteroatoms. The number of nitrogens with zero attached hydrogens (tertiary/aromatic N) is 5. The van der Waals surface area contributed by atoms with Crippen molar-refractivity contribution < 1.29 is 9.26 Å². The average molecular weight is 304 g/mol. The van der Waals surface area contributed by atoms with Gasteiger partial charge in [-0.05, 0) is 20.9 Å². The van der Waals surface area contributed by atoms with E-state index in [1.807, 2.05) is 20.9 Å². The van der Waals surface area contributed by atoms with Gasteiger partial charge in [-0.25, -0.2) is 9.97 Å². The lowest BCUT2D eigenvalue weighted by Gasteiger charge is -2.32. The molecule has 0 unspecified atom stereocenters. The van der Waals surface area contributed by atoms with Crippen LogP contribution in [0.25, 0.3) is 11.5 Å². The van der Waals surface area contributed by atoms with E-state index in [1.165, 1.54) is 0 Å².